The van der Waals surface area contributed by atoms with Gasteiger partial charge in [-0.15, -0.1) is 0 Å². The zero-order valence-electron chi connectivity index (χ0n) is 14.4. The molecule has 7 heteroatoms. The monoisotopic (exact) mass is 347 g/mol. The molecule has 1 aromatic heterocycles. The Morgan fingerprint density at radius 1 is 1.17 bits per heavy atom. The molecule has 0 saturated carbocycles. The number of nitrogens with zero attached hydrogens (tertiary/aromatic N) is 1. The minimum atomic E-state index is -1.20. The Bertz CT molecular complexity index is 791. The van der Waals surface area contributed by atoms with E-state index in [4.69, 9.17) is 5.11 Å². The number of aryl methyl sites for hydroxylation is 2. The van der Waals surface area contributed by atoms with Gasteiger partial charge in [0.2, 0.25) is 0 Å². The van der Waals surface area contributed by atoms with E-state index in [0.29, 0.717) is 10.6 Å². The van der Waals surface area contributed by atoms with Crippen molar-refractivity contribution in [1.82, 2.24) is 4.98 Å². The fourth-order valence-electron chi connectivity index (χ4n) is 2.32. The molecule has 128 valence electrons. The minimum absolute atomic E-state index is 0.118. The molecule has 2 amide bonds. The van der Waals surface area contributed by atoms with Crippen molar-refractivity contribution in [2.24, 2.45) is 0 Å². The van der Waals surface area contributed by atoms with Crippen LogP contribution in [0.25, 0.3) is 0 Å². The normalized spacial score (nSPS) is 11.2. The predicted molar refractivity (Wildman–Crippen MR) is 96.3 cm³/mol. The van der Waals surface area contributed by atoms with Crippen LogP contribution in [0.15, 0.2) is 18.2 Å². The topological polar surface area (TPSA) is 91.3 Å². The number of nitrogens with one attached hydrogen (secondary N) is 2. The third-order valence-corrected chi connectivity index (χ3v) is 4.52. The molecular weight excluding hydrogens is 326 g/mol. The van der Waals surface area contributed by atoms with Crippen LogP contribution in [-0.4, -0.2) is 22.1 Å². The maximum atomic E-state index is 12.6. The molecule has 0 atom stereocenters. The third kappa shape index (κ3) is 4.11. The first kappa shape index (κ1) is 17.9. The van der Waals surface area contributed by atoms with Gasteiger partial charge in [-0.2, -0.15) is 0 Å². The standard InChI is InChI=1S/C17H21N3O3S/c1-9-6-7-12(11(8-9)17(3,4)5)19-14(21)13-10(2)18-15(24-13)20-16(22)23/h6-8H,1-5H3,(H,18,20)(H,19,21)(H,22,23). The number of hydrogen-bond donors (Lipinski definition) is 3. The van der Waals surface area contributed by atoms with Gasteiger partial charge in [0, 0.05) is 5.69 Å². The molecule has 24 heavy (non-hydrogen) atoms. The van der Waals surface area contributed by atoms with E-state index in [1.807, 2.05) is 19.1 Å². The van der Waals surface area contributed by atoms with E-state index in [1.54, 1.807) is 6.92 Å². The summed E-state index contributed by atoms with van der Waals surface area (Å²) in [5.74, 6) is -0.294. The molecule has 0 aliphatic heterocycles. The van der Waals surface area contributed by atoms with Crippen molar-refractivity contribution in [3.8, 4) is 0 Å². The smallest absolute Gasteiger partial charge is 0.410 e. The van der Waals surface area contributed by atoms with Crippen molar-refractivity contribution in [1.29, 1.82) is 0 Å². The first-order chi connectivity index (χ1) is 11.1. The highest BCUT2D eigenvalue weighted by molar-refractivity contribution is 7.17. The lowest BCUT2D eigenvalue weighted by atomic mass is 9.85. The summed E-state index contributed by atoms with van der Waals surface area (Å²) >= 11 is 1.02. The van der Waals surface area contributed by atoms with Gasteiger partial charge in [0.25, 0.3) is 5.91 Å². The maximum Gasteiger partial charge on any atom is 0.410 e. The molecule has 1 aromatic carbocycles. The summed E-state index contributed by atoms with van der Waals surface area (Å²) in [6.45, 7) is 9.95. The van der Waals surface area contributed by atoms with E-state index in [0.717, 1.165) is 28.2 Å². The van der Waals surface area contributed by atoms with Crippen molar-refractivity contribution in [3.63, 3.8) is 0 Å². The Morgan fingerprint density at radius 2 is 1.83 bits per heavy atom. The Labute approximate surface area is 144 Å². The van der Waals surface area contributed by atoms with Crippen LogP contribution in [-0.2, 0) is 5.41 Å². The van der Waals surface area contributed by atoms with Gasteiger partial charge >= 0.3 is 6.09 Å². The number of thiazole rings is 1. The second kappa shape index (κ2) is 6.60. The van der Waals surface area contributed by atoms with Gasteiger partial charge in [0.05, 0.1) is 5.69 Å². The Kier molecular flexibility index (Phi) is 4.94. The molecule has 0 unspecified atom stereocenters. The Morgan fingerprint density at radius 3 is 2.42 bits per heavy atom. The van der Waals surface area contributed by atoms with Gasteiger partial charge < -0.3 is 10.4 Å². The first-order valence-electron chi connectivity index (χ1n) is 7.48. The fourth-order valence-corrected chi connectivity index (χ4v) is 3.17. The van der Waals surface area contributed by atoms with Crippen LogP contribution in [0.3, 0.4) is 0 Å². The van der Waals surface area contributed by atoms with Crippen LogP contribution in [0.1, 0.15) is 47.3 Å². The third-order valence-electron chi connectivity index (χ3n) is 3.45. The highest BCUT2D eigenvalue weighted by Crippen LogP contribution is 2.31. The number of benzene rings is 1. The molecular formula is C17H21N3O3S. The summed E-state index contributed by atoms with van der Waals surface area (Å²) in [7, 11) is 0. The van der Waals surface area contributed by atoms with Crippen LogP contribution < -0.4 is 10.6 Å². The van der Waals surface area contributed by atoms with Gasteiger partial charge in [0.15, 0.2) is 5.13 Å². The average molecular weight is 347 g/mol. The molecule has 6 nitrogen and oxygen atoms in total. The minimum Gasteiger partial charge on any atom is -0.465 e. The summed E-state index contributed by atoms with van der Waals surface area (Å²) in [4.78, 5) is 27.7. The molecule has 3 N–H and O–H groups in total. The second-order valence-electron chi connectivity index (χ2n) is 6.62. The molecule has 0 saturated heterocycles. The van der Waals surface area contributed by atoms with Gasteiger partial charge in [-0.3, -0.25) is 10.1 Å². The van der Waals surface area contributed by atoms with Gasteiger partial charge in [-0.1, -0.05) is 49.8 Å². The summed E-state index contributed by atoms with van der Waals surface area (Å²) in [5, 5.41) is 14.0. The lowest BCUT2D eigenvalue weighted by molar-refractivity contribution is 0.102. The maximum absolute atomic E-state index is 12.6. The molecule has 1 heterocycles. The predicted octanol–water partition coefficient (Wildman–Crippen LogP) is 4.40. The summed E-state index contributed by atoms with van der Waals surface area (Å²) < 4.78 is 0. The number of amides is 2. The molecule has 0 bridgehead atoms. The molecule has 0 aliphatic rings. The highest BCUT2D eigenvalue weighted by atomic mass is 32.1. The number of rotatable bonds is 3. The van der Waals surface area contributed by atoms with Crippen LogP contribution in [0.2, 0.25) is 0 Å². The quantitative estimate of drug-likeness (QED) is 0.767. The van der Waals surface area contributed by atoms with Crippen molar-refractivity contribution in [3.05, 3.63) is 39.9 Å². The zero-order chi connectivity index (χ0) is 18.1. The molecule has 0 fully saturated rings. The van der Waals surface area contributed by atoms with Crippen molar-refractivity contribution in [2.75, 3.05) is 10.6 Å². The summed E-state index contributed by atoms with van der Waals surface area (Å²) in [6.07, 6.45) is -1.20. The number of carbonyl (C=O) groups is 2. The highest BCUT2D eigenvalue weighted by Gasteiger charge is 2.22. The SMILES string of the molecule is Cc1ccc(NC(=O)c2sc(NC(=O)O)nc2C)c(C(C)(C)C)c1. The lowest BCUT2D eigenvalue weighted by Gasteiger charge is -2.23. The molecule has 0 spiro atoms. The number of carbonyl (C=O) groups excluding carboxylic acids is 1. The Hall–Kier alpha value is -2.41. The molecule has 2 aromatic rings. The number of anilines is 2. The number of carboxylic acid groups (broad SMARTS) is 1. The molecule has 0 aliphatic carbocycles. The van der Waals surface area contributed by atoms with Gasteiger partial charge in [-0.25, -0.2) is 9.78 Å². The Balaban J connectivity index is 2.31. The lowest BCUT2D eigenvalue weighted by Crippen LogP contribution is -2.19. The molecule has 2 rings (SSSR count). The number of hydrogen-bond acceptors (Lipinski definition) is 4. The average Bonchev–Trinajstić information content (AvgIpc) is 2.79. The van der Waals surface area contributed by atoms with E-state index >= 15 is 0 Å². The van der Waals surface area contributed by atoms with E-state index in [2.05, 4.69) is 42.5 Å². The van der Waals surface area contributed by atoms with Crippen molar-refractivity contribution >= 4 is 34.2 Å². The van der Waals surface area contributed by atoms with E-state index < -0.39 is 6.09 Å². The van der Waals surface area contributed by atoms with E-state index in [9.17, 15) is 9.59 Å². The van der Waals surface area contributed by atoms with Crippen LogP contribution in [0.4, 0.5) is 15.6 Å². The van der Waals surface area contributed by atoms with Crippen molar-refractivity contribution in [2.45, 2.75) is 40.0 Å². The van der Waals surface area contributed by atoms with Crippen LogP contribution in [0, 0.1) is 13.8 Å². The number of aromatic nitrogens is 1. The van der Waals surface area contributed by atoms with E-state index in [1.165, 1.54) is 0 Å². The van der Waals surface area contributed by atoms with Gasteiger partial charge in [0.1, 0.15) is 4.88 Å². The van der Waals surface area contributed by atoms with Crippen molar-refractivity contribution < 1.29 is 14.7 Å². The summed E-state index contributed by atoms with van der Waals surface area (Å²) in [5.41, 5.74) is 3.29. The van der Waals surface area contributed by atoms with Gasteiger partial charge in [-0.05, 0) is 30.9 Å². The van der Waals surface area contributed by atoms with Crippen LogP contribution in [0.5, 0.6) is 0 Å². The largest absolute Gasteiger partial charge is 0.465 e. The summed E-state index contributed by atoms with van der Waals surface area (Å²) in [6, 6.07) is 5.90. The van der Waals surface area contributed by atoms with E-state index in [-0.39, 0.29) is 16.5 Å². The fraction of sp³-hybridized carbons (Fsp3) is 0.353. The first-order valence-corrected chi connectivity index (χ1v) is 8.29. The second-order valence-corrected chi connectivity index (χ2v) is 7.62. The molecule has 0 radical (unpaired) electrons. The zero-order valence-corrected chi connectivity index (χ0v) is 15.2. The van der Waals surface area contributed by atoms with Crippen LogP contribution >= 0.6 is 11.3 Å².